The van der Waals surface area contributed by atoms with Crippen LogP contribution in [0.25, 0.3) is 10.9 Å². The molecule has 1 aliphatic carbocycles. The summed E-state index contributed by atoms with van der Waals surface area (Å²) < 4.78 is 2.83. The highest BCUT2D eigenvalue weighted by Crippen LogP contribution is 2.34. The highest BCUT2D eigenvalue weighted by atomic mass is 35.5. The Hall–Kier alpha value is -2.36. The molecule has 5 nitrogen and oxygen atoms in total. The van der Waals surface area contributed by atoms with Crippen LogP contribution in [0.5, 0.6) is 0 Å². The number of rotatable bonds is 4. The van der Waals surface area contributed by atoms with Gasteiger partial charge in [0.25, 0.3) is 0 Å². The van der Waals surface area contributed by atoms with Crippen molar-refractivity contribution in [1.82, 2.24) is 14.9 Å². The minimum atomic E-state index is -0.0256. The molecule has 2 aromatic heterocycles. The Bertz CT molecular complexity index is 1090. The van der Waals surface area contributed by atoms with Crippen molar-refractivity contribution in [2.24, 2.45) is 5.92 Å². The molecule has 1 unspecified atom stereocenters. The first-order valence-corrected chi connectivity index (χ1v) is 10.7. The van der Waals surface area contributed by atoms with Gasteiger partial charge in [-0.05, 0) is 43.0 Å². The summed E-state index contributed by atoms with van der Waals surface area (Å²) in [6, 6.07) is 8.20. The predicted octanol–water partition coefficient (Wildman–Crippen LogP) is 4.30. The van der Waals surface area contributed by atoms with Crippen molar-refractivity contribution in [2.45, 2.75) is 45.7 Å². The number of fused-ring (bicyclic) bond motifs is 3. The van der Waals surface area contributed by atoms with Gasteiger partial charge in [0.05, 0.1) is 23.9 Å². The second-order valence-electron chi connectivity index (χ2n) is 7.55. The van der Waals surface area contributed by atoms with E-state index in [-0.39, 0.29) is 17.9 Å². The van der Waals surface area contributed by atoms with Crippen molar-refractivity contribution in [3.63, 3.8) is 0 Å². The molecule has 144 valence electrons. The van der Waals surface area contributed by atoms with E-state index in [1.54, 1.807) is 0 Å². The minimum absolute atomic E-state index is 0.0256. The second kappa shape index (κ2) is 7.57. The van der Waals surface area contributed by atoms with Crippen LogP contribution >= 0.6 is 22.9 Å². The summed E-state index contributed by atoms with van der Waals surface area (Å²) in [5, 5.41) is 15.6. The maximum atomic E-state index is 12.2. The molecule has 28 heavy (non-hydrogen) atoms. The first kappa shape index (κ1) is 19.0. The number of carbonyl (C=O) groups is 1. The molecular formula is C21H21ClN4OS. The molecule has 4 rings (SSSR count). The largest absolute Gasteiger partial charge is 0.353 e. The number of amides is 1. The van der Waals surface area contributed by atoms with Gasteiger partial charge in [0, 0.05) is 33.9 Å². The summed E-state index contributed by atoms with van der Waals surface area (Å²) in [4.78, 5) is 16.6. The van der Waals surface area contributed by atoms with Crippen LogP contribution in [0, 0.1) is 17.2 Å². The number of halogens is 1. The van der Waals surface area contributed by atoms with Gasteiger partial charge in [-0.15, -0.1) is 11.3 Å². The van der Waals surface area contributed by atoms with Crippen LogP contribution in [0.3, 0.4) is 0 Å². The van der Waals surface area contributed by atoms with Crippen LogP contribution < -0.4 is 5.32 Å². The van der Waals surface area contributed by atoms with Gasteiger partial charge in [-0.25, -0.2) is 4.98 Å². The highest BCUT2D eigenvalue weighted by Gasteiger charge is 2.27. The van der Waals surface area contributed by atoms with E-state index in [2.05, 4.69) is 20.9 Å². The zero-order chi connectivity index (χ0) is 19.8. The Morgan fingerprint density at radius 1 is 1.50 bits per heavy atom. The molecule has 1 N–H and O–H groups in total. The molecule has 0 aliphatic heterocycles. The molecule has 0 saturated heterocycles. The van der Waals surface area contributed by atoms with Gasteiger partial charge in [-0.3, -0.25) is 4.79 Å². The quantitative estimate of drug-likeness (QED) is 0.694. The van der Waals surface area contributed by atoms with E-state index in [0.717, 1.165) is 35.9 Å². The zero-order valence-corrected chi connectivity index (χ0v) is 17.4. The Morgan fingerprint density at radius 3 is 3.00 bits per heavy atom. The number of hydrogen-bond acceptors (Lipinski definition) is 4. The van der Waals surface area contributed by atoms with Gasteiger partial charge in [-0.2, -0.15) is 5.26 Å². The average Bonchev–Trinajstić information content (AvgIpc) is 3.23. The summed E-state index contributed by atoms with van der Waals surface area (Å²) in [6.07, 6.45) is 2.57. The summed E-state index contributed by atoms with van der Waals surface area (Å²) in [5.41, 5.74) is 5.19. The molecule has 1 amide bonds. The van der Waals surface area contributed by atoms with Crippen LogP contribution in [-0.2, 0) is 24.2 Å². The highest BCUT2D eigenvalue weighted by molar-refractivity contribution is 7.13. The second-order valence-corrected chi connectivity index (χ2v) is 8.99. The Balaban J connectivity index is 1.75. The average molecular weight is 413 g/mol. The first-order valence-electron chi connectivity index (χ1n) is 9.40. The van der Waals surface area contributed by atoms with Crippen LogP contribution in [0.15, 0.2) is 23.6 Å². The van der Waals surface area contributed by atoms with Crippen LogP contribution in [-0.4, -0.2) is 21.5 Å². The fraction of sp³-hybridized carbons (Fsp3) is 0.381. The number of aromatic nitrogens is 2. The lowest BCUT2D eigenvalue weighted by molar-refractivity contribution is -0.124. The van der Waals surface area contributed by atoms with E-state index in [1.807, 2.05) is 37.4 Å². The monoisotopic (exact) mass is 412 g/mol. The van der Waals surface area contributed by atoms with Gasteiger partial charge in [-0.1, -0.05) is 25.4 Å². The molecule has 1 aromatic carbocycles. The fourth-order valence-electron chi connectivity index (χ4n) is 3.91. The molecule has 3 aromatic rings. The van der Waals surface area contributed by atoms with E-state index in [9.17, 15) is 10.1 Å². The van der Waals surface area contributed by atoms with Crippen LogP contribution in [0.4, 0.5) is 0 Å². The molecular weight excluding hydrogens is 392 g/mol. The van der Waals surface area contributed by atoms with Gasteiger partial charge in [0.2, 0.25) is 5.91 Å². The normalized spacial score (nSPS) is 16.2. The van der Waals surface area contributed by atoms with Gasteiger partial charge < -0.3 is 9.88 Å². The fourth-order valence-corrected chi connectivity index (χ4v) is 4.68. The van der Waals surface area contributed by atoms with E-state index in [0.29, 0.717) is 16.6 Å². The predicted molar refractivity (Wildman–Crippen MR) is 112 cm³/mol. The molecule has 1 atom stereocenters. The van der Waals surface area contributed by atoms with E-state index < -0.39 is 0 Å². The third-order valence-electron chi connectivity index (χ3n) is 5.31. The molecule has 0 fully saturated rings. The molecule has 7 heteroatoms. The van der Waals surface area contributed by atoms with Crippen molar-refractivity contribution >= 4 is 39.7 Å². The van der Waals surface area contributed by atoms with Crippen LogP contribution in [0.2, 0.25) is 4.47 Å². The molecule has 0 spiro atoms. The van der Waals surface area contributed by atoms with Crippen molar-refractivity contribution in [1.29, 1.82) is 5.26 Å². The SMILES string of the molecule is CC(C)C(=O)NC1CCc2c(c3cc(C#N)ccc3n2Cc2csc(Cl)n2)C1. The Kier molecular flexibility index (Phi) is 5.13. The number of hydrogen-bond donors (Lipinski definition) is 1. The molecule has 1 aliphatic rings. The number of nitrogens with zero attached hydrogens (tertiary/aromatic N) is 3. The van der Waals surface area contributed by atoms with E-state index in [4.69, 9.17) is 11.6 Å². The first-order chi connectivity index (χ1) is 13.5. The standard InChI is InChI=1S/C21H21ClN4OS/c1-12(2)20(27)24-14-4-6-19-17(8-14)16-7-13(9-23)3-5-18(16)26(19)10-15-11-28-21(22)25-15/h3,5,7,11-12,14H,4,6,8,10H2,1-2H3,(H,24,27). The maximum Gasteiger partial charge on any atom is 0.222 e. The van der Waals surface area contributed by atoms with E-state index >= 15 is 0 Å². The summed E-state index contributed by atoms with van der Waals surface area (Å²) in [6.45, 7) is 4.48. The number of carbonyl (C=O) groups excluding carboxylic acids is 1. The molecule has 2 heterocycles. The zero-order valence-electron chi connectivity index (χ0n) is 15.8. The third kappa shape index (κ3) is 3.52. The lowest BCUT2D eigenvalue weighted by atomic mass is 9.90. The number of thiazole rings is 1. The number of nitriles is 1. The summed E-state index contributed by atoms with van der Waals surface area (Å²) in [7, 11) is 0. The van der Waals surface area contributed by atoms with Crippen molar-refractivity contribution in [3.05, 3.63) is 50.6 Å². The smallest absolute Gasteiger partial charge is 0.222 e. The van der Waals surface area contributed by atoms with E-state index in [1.165, 1.54) is 22.6 Å². The Labute approximate surface area is 173 Å². The van der Waals surface area contributed by atoms with Crippen molar-refractivity contribution < 1.29 is 4.79 Å². The molecule has 0 radical (unpaired) electrons. The topological polar surface area (TPSA) is 70.7 Å². The third-order valence-corrected chi connectivity index (χ3v) is 6.34. The molecule has 0 saturated carbocycles. The lowest BCUT2D eigenvalue weighted by Crippen LogP contribution is -2.41. The maximum absolute atomic E-state index is 12.2. The van der Waals surface area contributed by atoms with Gasteiger partial charge >= 0.3 is 0 Å². The Morgan fingerprint density at radius 2 is 2.32 bits per heavy atom. The summed E-state index contributed by atoms with van der Waals surface area (Å²) in [5.74, 6) is 0.0642. The molecule has 0 bridgehead atoms. The minimum Gasteiger partial charge on any atom is -0.353 e. The number of nitrogens with one attached hydrogen (secondary N) is 1. The van der Waals surface area contributed by atoms with Crippen molar-refractivity contribution in [3.8, 4) is 6.07 Å². The lowest BCUT2D eigenvalue weighted by Gasteiger charge is -2.25. The van der Waals surface area contributed by atoms with Gasteiger partial charge in [0.15, 0.2) is 4.47 Å². The number of benzene rings is 1. The van der Waals surface area contributed by atoms with Crippen molar-refractivity contribution in [2.75, 3.05) is 0 Å². The van der Waals surface area contributed by atoms with Gasteiger partial charge in [0.1, 0.15) is 0 Å². The summed E-state index contributed by atoms with van der Waals surface area (Å²) >= 11 is 7.45. The van der Waals surface area contributed by atoms with Crippen LogP contribution in [0.1, 0.15) is 42.8 Å².